The Morgan fingerprint density at radius 3 is 2.57 bits per heavy atom. The van der Waals surface area contributed by atoms with Crippen molar-refractivity contribution in [2.75, 3.05) is 13.7 Å². The monoisotopic (exact) mass is 557 g/mol. The first-order chi connectivity index (χ1) is 17.4. The molecule has 0 radical (unpaired) electrons. The molecule has 1 aromatic carbocycles. The zero-order valence-electron chi connectivity index (χ0n) is 21.1. The Kier molecular flexibility index (Phi) is 9.35. The Hall–Kier alpha value is -2.51. The van der Waals surface area contributed by atoms with E-state index in [-0.39, 0.29) is 18.7 Å². The highest BCUT2D eigenvalue weighted by atomic mass is 32.5. The van der Waals surface area contributed by atoms with Gasteiger partial charge in [0.25, 0.3) is 12.2 Å². The van der Waals surface area contributed by atoms with Gasteiger partial charge in [-0.25, -0.2) is 4.79 Å². The van der Waals surface area contributed by atoms with E-state index in [0.29, 0.717) is 11.4 Å². The van der Waals surface area contributed by atoms with Crippen LogP contribution in [-0.4, -0.2) is 57.2 Å². The number of nitrogens with one attached hydrogen (secondary N) is 2. The van der Waals surface area contributed by atoms with Crippen molar-refractivity contribution >= 4 is 18.4 Å². The van der Waals surface area contributed by atoms with Crippen molar-refractivity contribution in [1.82, 2.24) is 14.6 Å². The molecule has 2 aromatic rings. The SMILES string of the molecule is CO[C@]1(C)[C@H](O)[C@@H](CO[P@](O)(=S)NC(C)=C(Oc2ccccc2)OC(C)C)O[C@H]1n1ccc(=O)[nH]c1=O. The number of methoxy groups -OCH3 is 1. The van der Waals surface area contributed by atoms with E-state index >= 15 is 0 Å². The maximum Gasteiger partial charge on any atom is 0.330 e. The Bertz CT molecular complexity index is 1270. The van der Waals surface area contributed by atoms with E-state index in [4.69, 9.17) is 35.3 Å². The molecule has 37 heavy (non-hydrogen) atoms. The molecule has 0 amide bonds. The van der Waals surface area contributed by atoms with Crippen molar-refractivity contribution < 1.29 is 33.5 Å². The van der Waals surface area contributed by atoms with Gasteiger partial charge >= 0.3 is 11.6 Å². The van der Waals surface area contributed by atoms with Gasteiger partial charge in [0.05, 0.1) is 18.4 Å². The van der Waals surface area contributed by atoms with Crippen LogP contribution in [0.25, 0.3) is 0 Å². The van der Waals surface area contributed by atoms with Gasteiger partial charge in [-0.2, -0.15) is 0 Å². The van der Waals surface area contributed by atoms with Crippen LogP contribution in [0.3, 0.4) is 0 Å². The second-order valence-electron chi connectivity index (χ2n) is 8.80. The largest absolute Gasteiger partial charge is 0.461 e. The van der Waals surface area contributed by atoms with Crippen LogP contribution in [0.1, 0.15) is 33.9 Å². The van der Waals surface area contributed by atoms with Crippen molar-refractivity contribution in [2.45, 2.75) is 57.8 Å². The highest BCUT2D eigenvalue weighted by Gasteiger charge is 2.55. The molecule has 12 nitrogen and oxygen atoms in total. The summed E-state index contributed by atoms with van der Waals surface area (Å²) in [4.78, 5) is 36.7. The van der Waals surface area contributed by atoms with Gasteiger partial charge < -0.3 is 38.6 Å². The number of hydrogen-bond acceptors (Lipinski definition) is 9. The first-order valence-corrected chi connectivity index (χ1v) is 14.1. The molecule has 0 saturated carbocycles. The van der Waals surface area contributed by atoms with Crippen LogP contribution in [0, 0.1) is 0 Å². The van der Waals surface area contributed by atoms with Crippen LogP contribution < -0.4 is 21.1 Å². The number of aliphatic hydroxyl groups excluding tert-OH is 1. The minimum absolute atomic E-state index is 0.106. The molecule has 1 aromatic heterocycles. The Balaban J connectivity index is 1.75. The van der Waals surface area contributed by atoms with Gasteiger partial charge in [-0.3, -0.25) is 14.3 Å². The molecule has 0 aliphatic carbocycles. The first kappa shape index (κ1) is 29.1. The Labute approximate surface area is 219 Å². The molecular formula is C23H32N3O9PS. The minimum Gasteiger partial charge on any atom is -0.461 e. The number of hydrogen-bond donors (Lipinski definition) is 4. The van der Waals surface area contributed by atoms with Gasteiger partial charge in [0.2, 0.25) is 0 Å². The van der Waals surface area contributed by atoms with E-state index in [9.17, 15) is 19.6 Å². The molecule has 1 aliphatic heterocycles. The van der Waals surface area contributed by atoms with Crippen LogP contribution in [0.5, 0.6) is 5.75 Å². The molecule has 1 saturated heterocycles. The number of H-pyrrole nitrogens is 1. The number of aromatic nitrogens is 2. The fraction of sp³-hybridized carbons (Fsp3) is 0.478. The Morgan fingerprint density at radius 1 is 1.30 bits per heavy atom. The lowest BCUT2D eigenvalue weighted by Crippen LogP contribution is -2.48. The third-order valence-corrected chi connectivity index (χ3v) is 7.31. The predicted octanol–water partition coefficient (Wildman–Crippen LogP) is 1.72. The van der Waals surface area contributed by atoms with Gasteiger partial charge in [0.15, 0.2) is 6.23 Å². The minimum atomic E-state index is -3.67. The molecular weight excluding hydrogens is 525 g/mol. The van der Waals surface area contributed by atoms with E-state index in [0.717, 1.165) is 10.6 Å². The lowest BCUT2D eigenvalue weighted by Gasteiger charge is -2.31. The molecule has 4 N–H and O–H groups in total. The topological polar surface area (TPSA) is 154 Å². The highest BCUT2D eigenvalue weighted by Crippen LogP contribution is 2.44. The fourth-order valence-corrected chi connectivity index (χ4v) is 5.18. The highest BCUT2D eigenvalue weighted by molar-refractivity contribution is 8.08. The summed E-state index contributed by atoms with van der Waals surface area (Å²) in [6.45, 7) is 2.81. The van der Waals surface area contributed by atoms with Gasteiger partial charge in [0.1, 0.15) is 23.6 Å². The number of aliphatic hydroxyl groups is 1. The number of benzene rings is 1. The Morgan fingerprint density at radius 2 is 1.97 bits per heavy atom. The molecule has 3 rings (SSSR count). The number of allylic oxidation sites excluding steroid dienone is 1. The zero-order valence-corrected chi connectivity index (χ0v) is 22.8. The van der Waals surface area contributed by atoms with Crippen LogP contribution >= 0.6 is 6.64 Å². The van der Waals surface area contributed by atoms with Gasteiger partial charge in [-0.1, -0.05) is 18.2 Å². The molecule has 5 atom stereocenters. The predicted molar refractivity (Wildman–Crippen MR) is 138 cm³/mol. The average Bonchev–Trinajstić information content (AvgIpc) is 3.08. The van der Waals surface area contributed by atoms with Crippen LogP contribution in [0.15, 0.2) is 63.8 Å². The molecule has 0 unspecified atom stereocenters. The van der Waals surface area contributed by atoms with Crippen molar-refractivity contribution in [1.29, 1.82) is 0 Å². The normalized spacial score (nSPS) is 25.9. The van der Waals surface area contributed by atoms with Crippen molar-refractivity contribution in [3.8, 4) is 5.75 Å². The van der Waals surface area contributed by atoms with Gasteiger partial charge in [0, 0.05) is 19.4 Å². The lowest BCUT2D eigenvalue weighted by atomic mass is 9.96. The van der Waals surface area contributed by atoms with E-state index in [2.05, 4.69) is 10.1 Å². The van der Waals surface area contributed by atoms with E-state index in [1.165, 1.54) is 13.3 Å². The second-order valence-corrected chi connectivity index (χ2v) is 11.8. The summed E-state index contributed by atoms with van der Waals surface area (Å²) < 4.78 is 29.6. The van der Waals surface area contributed by atoms with E-state index in [1.54, 1.807) is 38.1 Å². The summed E-state index contributed by atoms with van der Waals surface area (Å²) in [5, 5.41) is 13.7. The van der Waals surface area contributed by atoms with Crippen molar-refractivity contribution in [3.05, 3.63) is 75.1 Å². The second kappa shape index (κ2) is 11.9. The zero-order chi connectivity index (χ0) is 27.4. The molecule has 1 aliphatic rings. The lowest BCUT2D eigenvalue weighted by molar-refractivity contribution is -0.121. The number of aromatic amines is 1. The summed E-state index contributed by atoms with van der Waals surface area (Å²) in [5.74, 6) is 0.631. The average molecular weight is 558 g/mol. The molecule has 0 bridgehead atoms. The van der Waals surface area contributed by atoms with Crippen molar-refractivity contribution in [3.63, 3.8) is 0 Å². The summed E-state index contributed by atoms with van der Waals surface area (Å²) >= 11 is 5.26. The number of nitrogens with zero attached hydrogens (tertiary/aromatic N) is 1. The third kappa shape index (κ3) is 7.08. The summed E-state index contributed by atoms with van der Waals surface area (Å²) in [6.07, 6.45) is -2.37. The van der Waals surface area contributed by atoms with E-state index in [1.807, 2.05) is 19.9 Å². The number of para-hydroxylation sites is 1. The molecule has 204 valence electrons. The number of rotatable bonds is 11. The third-order valence-electron chi connectivity index (χ3n) is 5.60. The smallest absolute Gasteiger partial charge is 0.330 e. The molecule has 2 heterocycles. The standard InChI is InChI=1S/C23H32N3O9PS/c1-14(2)33-20(34-16-9-7-6-8-10-16)15(3)25-36(30,37)32-13-17-19(28)23(4,31-5)21(35-17)26-12-11-18(27)24-22(26)29/h6-12,14,17,19,21,28H,13H2,1-5H3,(H,24,27,29)(H2,25,30,37)/t17-,19-,21-,23-,36+/m1/s1. The maximum atomic E-state index is 12.3. The molecule has 0 spiro atoms. The molecule has 1 fully saturated rings. The summed E-state index contributed by atoms with van der Waals surface area (Å²) in [7, 11) is 1.36. The van der Waals surface area contributed by atoms with Crippen LogP contribution in [0.4, 0.5) is 0 Å². The maximum absolute atomic E-state index is 12.3. The first-order valence-electron chi connectivity index (χ1n) is 11.4. The summed E-state index contributed by atoms with van der Waals surface area (Å²) in [5.41, 5.74) is -2.39. The summed E-state index contributed by atoms with van der Waals surface area (Å²) in [6, 6.07) is 10.1. The fourth-order valence-electron chi connectivity index (χ4n) is 3.66. The number of ether oxygens (including phenoxy) is 4. The van der Waals surface area contributed by atoms with E-state index < -0.39 is 41.9 Å². The quantitative estimate of drug-likeness (QED) is 0.236. The van der Waals surface area contributed by atoms with Gasteiger partial charge in [-0.05, 0) is 51.6 Å². The molecule has 14 heteroatoms. The van der Waals surface area contributed by atoms with Crippen molar-refractivity contribution in [2.24, 2.45) is 0 Å². The van der Waals surface area contributed by atoms with Gasteiger partial charge in [-0.15, -0.1) is 0 Å². The van der Waals surface area contributed by atoms with Crippen LogP contribution in [-0.2, 0) is 30.5 Å². The van der Waals surface area contributed by atoms with Crippen LogP contribution in [0.2, 0.25) is 0 Å².